The van der Waals surface area contributed by atoms with Crippen LogP contribution in [0.2, 0.25) is 0 Å². The van der Waals surface area contributed by atoms with Gasteiger partial charge in [0.05, 0.1) is 18.2 Å². The van der Waals surface area contributed by atoms with Crippen LogP contribution in [0, 0.1) is 0 Å². The first-order valence-corrected chi connectivity index (χ1v) is 6.74. The Kier molecular flexibility index (Phi) is 4.42. The molecule has 0 bridgehead atoms. The van der Waals surface area contributed by atoms with Gasteiger partial charge in [-0.25, -0.2) is 9.59 Å². The summed E-state index contributed by atoms with van der Waals surface area (Å²) in [5, 5.41) is 5.36. The topological polar surface area (TPSA) is 67.4 Å². The van der Waals surface area contributed by atoms with Gasteiger partial charge in [-0.15, -0.1) is 0 Å². The molecule has 1 atom stereocenters. The van der Waals surface area contributed by atoms with Crippen LogP contribution < -0.4 is 10.6 Å². The average Bonchev–Trinajstić information content (AvgIpc) is 2.46. The number of carbonyl (C=O) groups excluding carboxylic acids is 2. The number of nitrogens with one attached hydrogen (secondary N) is 2. The molecule has 1 unspecified atom stereocenters. The number of ether oxygens (including phenoxy) is 1. The fourth-order valence-corrected chi connectivity index (χ4v) is 2.25. The second-order valence-electron chi connectivity index (χ2n) is 4.66. The van der Waals surface area contributed by atoms with Crippen LogP contribution in [-0.4, -0.2) is 18.6 Å². The fraction of sp³-hybridized carbons (Fsp3) is 0.250. The van der Waals surface area contributed by atoms with Crippen molar-refractivity contribution in [3.05, 3.63) is 53.2 Å². The van der Waals surface area contributed by atoms with Crippen LogP contribution in [0.3, 0.4) is 0 Å². The van der Waals surface area contributed by atoms with Crippen molar-refractivity contribution in [3.63, 3.8) is 0 Å². The SMILES string of the molecule is C=Cc1ccc(C2NC(=O)NC(C)=C2C(=O)OCC)cc1. The zero-order valence-electron chi connectivity index (χ0n) is 12.1. The summed E-state index contributed by atoms with van der Waals surface area (Å²) in [6.45, 7) is 7.42. The van der Waals surface area contributed by atoms with Crippen molar-refractivity contribution in [2.75, 3.05) is 6.61 Å². The lowest BCUT2D eigenvalue weighted by molar-refractivity contribution is -0.139. The standard InChI is InChI=1S/C16H18N2O3/c1-4-11-6-8-12(9-7-11)14-13(15(19)21-5-2)10(3)17-16(20)18-14/h4,6-9,14H,1,5H2,2-3H3,(H2,17,18,20). The van der Waals surface area contributed by atoms with E-state index in [2.05, 4.69) is 17.2 Å². The minimum Gasteiger partial charge on any atom is -0.463 e. The van der Waals surface area contributed by atoms with Gasteiger partial charge < -0.3 is 15.4 Å². The summed E-state index contributed by atoms with van der Waals surface area (Å²) in [5.41, 5.74) is 2.72. The number of esters is 1. The van der Waals surface area contributed by atoms with E-state index in [1.807, 2.05) is 24.3 Å². The molecule has 0 aliphatic carbocycles. The van der Waals surface area contributed by atoms with Crippen LogP contribution in [0.25, 0.3) is 6.08 Å². The maximum atomic E-state index is 12.1. The van der Waals surface area contributed by atoms with Gasteiger partial charge in [-0.1, -0.05) is 36.9 Å². The molecule has 1 aliphatic rings. The summed E-state index contributed by atoms with van der Waals surface area (Å²) >= 11 is 0. The van der Waals surface area contributed by atoms with Crippen LogP contribution in [0.1, 0.15) is 31.0 Å². The van der Waals surface area contributed by atoms with E-state index in [9.17, 15) is 9.59 Å². The van der Waals surface area contributed by atoms with Gasteiger partial charge in [0.2, 0.25) is 0 Å². The monoisotopic (exact) mass is 286 g/mol. The fourth-order valence-electron chi connectivity index (χ4n) is 2.25. The molecule has 1 aliphatic heterocycles. The molecule has 0 saturated heterocycles. The van der Waals surface area contributed by atoms with Gasteiger partial charge in [0.25, 0.3) is 0 Å². The van der Waals surface area contributed by atoms with Crippen LogP contribution in [0.5, 0.6) is 0 Å². The van der Waals surface area contributed by atoms with Crippen LogP contribution in [-0.2, 0) is 9.53 Å². The third-order valence-corrected chi connectivity index (χ3v) is 3.27. The van der Waals surface area contributed by atoms with Gasteiger partial charge in [0.1, 0.15) is 0 Å². The summed E-state index contributed by atoms with van der Waals surface area (Å²) in [5.74, 6) is -0.430. The molecule has 0 radical (unpaired) electrons. The lowest BCUT2D eigenvalue weighted by Crippen LogP contribution is -2.45. The second kappa shape index (κ2) is 6.26. The third-order valence-electron chi connectivity index (χ3n) is 3.27. The maximum Gasteiger partial charge on any atom is 0.338 e. The van der Waals surface area contributed by atoms with Gasteiger partial charge in [0.15, 0.2) is 0 Å². The molecule has 110 valence electrons. The van der Waals surface area contributed by atoms with Crippen molar-refractivity contribution >= 4 is 18.1 Å². The predicted octanol–water partition coefficient (Wildman–Crippen LogP) is 2.52. The summed E-state index contributed by atoms with van der Waals surface area (Å²) in [7, 11) is 0. The lowest BCUT2D eigenvalue weighted by atomic mass is 9.95. The molecule has 0 aromatic heterocycles. The molecule has 1 heterocycles. The number of hydrogen-bond donors (Lipinski definition) is 2. The van der Waals surface area contributed by atoms with Gasteiger partial charge in [-0.2, -0.15) is 0 Å². The Labute approximate surface area is 123 Å². The molecular formula is C16H18N2O3. The Balaban J connectivity index is 2.41. The molecule has 0 saturated carbocycles. The zero-order valence-corrected chi connectivity index (χ0v) is 12.1. The Morgan fingerprint density at radius 2 is 2.05 bits per heavy atom. The van der Waals surface area contributed by atoms with Crippen molar-refractivity contribution in [2.24, 2.45) is 0 Å². The number of carbonyl (C=O) groups is 2. The van der Waals surface area contributed by atoms with E-state index < -0.39 is 12.0 Å². The van der Waals surface area contributed by atoms with E-state index in [1.54, 1.807) is 19.9 Å². The van der Waals surface area contributed by atoms with E-state index >= 15 is 0 Å². The molecule has 1 aromatic rings. The summed E-state index contributed by atoms with van der Waals surface area (Å²) in [4.78, 5) is 23.8. The van der Waals surface area contributed by atoms with E-state index in [4.69, 9.17) is 4.74 Å². The predicted molar refractivity (Wildman–Crippen MR) is 80.3 cm³/mol. The number of hydrogen-bond acceptors (Lipinski definition) is 3. The van der Waals surface area contributed by atoms with Crippen LogP contribution >= 0.6 is 0 Å². The van der Waals surface area contributed by atoms with Crippen molar-refractivity contribution in [1.29, 1.82) is 0 Å². The van der Waals surface area contributed by atoms with Gasteiger partial charge in [0, 0.05) is 5.70 Å². The molecule has 5 heteroatoms. The normalized spacial score (nSPS) is 17.8. The van der Waals surface area contributed by atoms with E-state index in [0.29, 0.717) is 11.3 Å². The van der Waals surface area contributed by atoms with Crippen molar-refractivity contribution in [2.45, 2.75) is 19.9 Å². The Bertz CT molecular complexity index is 602. The highest BCUT2D eigenvalue weighted by atomic mass is 16.5. The highest BCUT2D eigenvalue weighted by molar-refractivity contribution is 5.95. The van der Waals surface area contributed by atoms with E-state index in [0.717, 1.165) is 11.1 Å². The van der Waals surface area contributed by atoms with Crippen LogP contribution in [0.4, 0.5) is 4.79 Å². The molecule has 2 amide bonds. The van der Waals surface area contributed by atoms with Gasteiger partial charge in [-0.05, 0) is 25.0 Å². The van der Waals surface area contributed by atoms with E-state index in [-0.39, 0.29) is 12.6 Å². The molecule has 2 rings (SSSR count). The lowest BCUT2D eigenvalue weighted by Gasteiger charge is -2.28. The van der Waals surface area contributed by atoms with E-state index in [1.165, 1.54) is 0 Å². The van der Waals surface area contributed by atoms with Crippen LogP contribution in [0.15, 0.2) is 42.1 Å². The van der Waals surface area contributed by atoms with Gasteiger partial charge >= 0.3 is 12.0 Å². The molecule has 2 N–H and O–H groups in total. The maximum absolute atomic E-state index is 12.1. The quantitative estimate of drug-likeness (QED) is 0.836. The van der Waals surface area contributed by atoms with Crippen molar-refractivity contribution in [1.82, 2.24) is 10.6 Å². The van der Waals surface area contributed by atoms with Gasteiger partial charge in [-0.3, -0.25) is 0 Å². The minimum absolute atomic E-state index is 0.283. The molecule has 1 aromatic carbocycles. The number of amides is 2. The minimum atomic E-state index is -0.517. The number of allylic oxidation sites excluding steroid dienone is 1. The highest BCUT2D eigenvalue weighted by Gasteiger charge is 2.31. The Morgan fingerprint density at radius 1 is 1.38 bits per heavy atom. The first-order chi connectivity index (χ1) is 10.1. The summed E-state index contributed by atoms with van der Waals surface area (Å²) < 4.78 is 5.08. The second-order valence-corrected chi connectivity index (χ2v) is 4.66. The zero-order chi connectivity index (χ0) is 15.4. The molecule has 21 heavy (non-hydrogen) atoms. The Hall–Kier alpha value is -2.56. The summed E-state index contributed by atoms with van der Waals surface area (Å²) in [6.07, 6.45) is 1.73. The molecule has 0 spiro atoms. The highest BCUT2D eigenvalue weighted by Crippen LogP contribution is 2.27. The van der Waals surface area contributed by atoms with Crippen molar-refractivity contribution in [3.8, 4) is 0 Å². The number of benzene rings is 1. The molecule has 0 fully saturated rings. The first kappa shape index (κ1) is 14.8. The number of urea groups is 1. The Morgan fingerprint density at radius 3 is 2.62 bits per heavy atom. The third kappa shape index (κ3) is 3.13. The largest absolute Gasteiger partial charge is 0.463 e. The average molecular weight is 286 g/mol. The first-order valence-electron chi connectivity index (χ1n) is 6.74. The molecule has 5 nitrogen and oxygen atoms in total. The van der Waals surface area contributed by atoms with Crippen molar-refractivity contribution < 1.29 is 14.3 Å². The smallest absolute Gasteiger partial charge is 0.338 e. The molecular weight excluding hydrogens is 268 g/mol. The summed E-state index contributed by atoms with van der Waals surface area (Å²) in [6, 6.07) is 6.64. The number of rotatable bonds is 4.